The van der Waals surface area contributed by atoms with Crippen LogP contribution in [0, 0.1) is 0 Å². The molecule has 74 valence electrons. The van der Waals surface area contributed by atoms with Gasteiger partial charge in [-0.3, -0.25) is 0 Å². The highest BCUT2D eigenvalue weighted by atomic mass is 15.0. The van der Waals surface area contributed by atoms with Crippen molar-refractivity contribution in [2.24, 2.45) is 0 Å². The summed E-state index contributed by atoms with van der Waals surface area (Å²) in [5, 5.41) is 6.93. The van der Waals surface area contributed by atoms with Crippen LogP contribution in [0.25, 0.3) is 0 Å². The summed E-state index contributed by atoms with van der Waals surface area (Å²) >= 11 is 0. The summed E-state index contributed by atoms with van der Waals surface area (Å²) in [6.45, 7) is 12.1. The van der Waals surface area contributed by atoms with Crippen LogP contribution in [0.15, 0.2) is 0 Å². The lowest BCUT2D eigenvalue weighted by Crippen LogP contribution is -2.42. The molecule has 0 aromatic rings. The molecule has 12 heavy (non-hydrogen) atoms. The second-order valence-corrected chi connectivity index (χ2v) is 3.94. The Bertz CT molecular complexity index is 102. The first kappa shape index (κ1) is 11.9. The van der Waals surface area contributed by atoms with Crippen LogP contribution in [0.3, 0.4) is 0 Å². The molecule has 0 saturated heterocycles. The average molecular weight is 172 g/mol. The van der Waals surface area contributed by atoms with E-state index in [1.807, 2.05) is 0 Å². The second kappa shape index (κ2) is 6.44. The summed E-state index contributed by atoms with van der Waals surface area (Å²) in [4.78, 5) is 0. The maximum absolute atomic E-state index is 3.47. The number of rotatable bonds is 6. The Labute approximate surface area is 77.1 Å². The summed E-state index contributed by atoms with van der Waals surface area (Å²) in [5.74, 6) is 0. The molecule has 0 saturated carbocycles. The molecule has 0 aliphatic heterocycles. The Morgan fingerprint density at radius 1 is 1.00 bits per heavy atom. The summed E-state index contributed by atoms with van der Waals surface area (Å²) < 4.78 is 0. The van der Waals surface area contributed by atoms with E-state index in [2.05, 4.69) is 45.3 Å². The zero-order valence-electron chi connectivity index (χ0n) is 9.15. The predicted molar refractivity (Wildman–Crippen MR) is 55.5 cm³/mol. The molecule has 2 atom stereocenters. The summed E-state index contributed by atoms with van der Waals surface area (Å²) in [6.07, 6.45) is 1.20. The third kappa shape index (κ3) is 6.62. The third-order valence-corrected chi connectivity index (χ3v) is 2.00. The Balaban J connectivity index is 3.36. The van der Waals surface area contributed by atoms with Crippen LogP contribution in [-0.4, -0.2) is 24.7 Å². The van der Waals surface area contributed by atoms with Crippen LogP contribution in [-0.2, 0) is 0 Å². The van der Waals surface area contributed by atoms with Gasteiger partial charge in [-0.1, -0.05) is 20.8 Å². The van der Waals surface area contributed by atoms with Crippen LogP contribution in [0.5, 0.6) is 0 Å². The quantitative estimate of drug-likeness (QED) is 0.638. The lowest BCUT2D eigenvalue weighted by atomic mass is 10.2. The molecule has 0 aliphatic carbocycles. The van der Waals surface area contributed by atoms with Crippen LogP contribution in [0.4, 0.5) is 0 Å². The van der Waals surface area contributed by atoms with Crippen LogP contribution < -0.4 is 10.6 Å². The van der Waals surface area contributed by atoms with Crippen molar-refractivity contribution >= 4 is 0 Å². The Morgan fingerprint density at radius 3 is 2.00 bits per heavy atom. The molecule has 2 N–H and O–H groups in total. The highest BCUT2D eigenvalue weighted by Crippen LogP contribution is 1.89. The number of nitrogens with one attached hydrogen (secondary N) is 2. The smallest absolute Gasteiger partial charge is 0.0166 e. The summed E-state index contributed by atoms with van der Waals surface area (Å²) in [6, 6.07) is 1.79. The topological polar surface area (TPSA) is 24.1 Å². The first-order chi connectivity index (χ1) is 5.56. The van der Waals surface area contributed by atoms with Gasteiger partial charge in [0.15, 0.2) is 0 Å². The van der Waals surface area contributed by atoms with Crippen molar-refractivity contribution in [3.63, 3.8) is 0 Å². The zero-order valence-corrected chi connectivity index (χ0v) is 9.15. The monoisotopic (exact) mass is 172 g/mol. The average Bonchev–Trinajstić information content (AvgIpc) is 1.99. The second-order valence-electron chi connectivity index (χ2n) is 3.94. The van der Waals surface area contributed by atoms with Gasteiger partial charge in [0.1, 0.15) is 0 Å². The van der Waals surface area contributed by atoms with E-state index in [1.54, 1.807) is 0 Å². The van der Waals surface area contributed by atoms with Crippen molar-refractivity contribution in [1.82, 2.24) is 10.6 Å². The fraction of sp³-hybridized carbons (Fsp3) is 1.00. The van der Waals surface area contributed by atoms with E-state index in [0.717, 1.165) is 6.54 Å². The fourth-order valence-electron chi connectivity index (χ4n) is 1.15. The number of hydrogen-bond donors (Lipinski definition) is 2. The summed E-state index contributed by atoms with van der Waals surface area (Å²) in [5.41, 5.74) is 0. The zero-order chi connectivity index (χ0) is 9.56. The maximum atomic E-state index is 3.47. The first-order valence-electron chi connectivity index (χ1n) is 5.05. The normalized spacial score (nSPS) is 16.5. The first-order valence-corrected chi connectivity index (χ1v) is 5.05. The minimum atomic E-state index is 0.569. The molecule has 0 amide bonds. The molecule has 2 heteroatoms. The standard InChI is InChI=1S/C10H24N2/c1-6-9(4)11-7-10(5)12-8(2)3/h8-12H,6-7H2,1-5H3. The van der Waals surface area contributed by atoms with E-state index in [-0.39, 0.29) is 0 Å². The maximum Gasteiger partial charge on any atom is 0.0166 e. The van der Waals surface area contributed by atoms with Crippen LogP contribution >= 0.6 is 0 Å². The molecule has 0 aliphatic rings. The van der Waals surface area contributed by atoms with E-state index < -0.39 is 0 Å². The van der Waals surface area contributed by atoms with E-state index in [1.165, 1.54) is 6.42 Å². The van der Waals surface area contributed by atoms with Gasteiger partial charge >= 0.3 is 0 Å². The summed E-state index contributed by atoms with van der Waals surface area (Å²) in [7, 11) is 0. The van der Waals surface area contributed by atoms with Gasteiger partial charge in [0, 0.05) is 24.7 Å². The molecule has 2 nitrogen and oxygen atoms in total. The minimum Gasteiger partial charge on any atom is -0.313 e. The Kier molecular flexibility index (Phi) is 6.39. The Hall–Kier alpha value is -0.0800. The van der Waals surface area contributed by atoms with E-state index >= 15 is 0 Å². The van der Waals surface area contributed by atoms with Gasteiger partial charge in [0.25, 0.3) is 0 Å². The Morgan fingerprint density at radius 2 is 1.58 bits per heavy atom. The van der Waals surface area contributed by atoms with Gasteiger partial charge in [0.05, 0.1) is 0 Å². The van der Waals surface area contributed by atoms with Gasteiger partial charge in [-0.05, 0) is 20.3 Å². The largest absolute Gasteiger partial charge is 0.313 e. The van der Waals surface area contributed by atoms with Crippen molar-refractivity contribution in [3.05, 3.63) is 0 Å². The molecule has 2 unspecified atom stereocenters. The van der Waals surface area contributed by atoms with Gasteiger partial charge in [-0.2, -0.15) is 0 Å². The van der Waals surface area contributed by atoms with Crippen LogP contribution in [0.1, 0.15) is 41.0 Å². The molecule has 0 fully saturated rings. The minimum absolute atomic E-state index is 0.569. The molecule has 0 spiro atoms. The van der Waals surface area contributed by atoms with Gasteiger partial charge in [0.2, 0.25) is 0 Å². The SMILES string of the molecule is CCC(C)NCC(C)NC(C)C. The van der Waals surface area contributed by atoms with Crippen molar-refractivity contribution in [1.29, 1.82) is 0 Å². The highest BCUT2D eigenvalue weighted by molar-refractivity contribution is 4.68. The van der Waals surface area contributed by atoms with Crippen molar-refractivity contribution in [2.45, 2.75) is 59.2 Å². The molecular formula is C10H24N2. The highest BCUT2D eigenvalue weighted by Gasteiger charge is 2.04. The molecular weight excluding hydrogens is 148 g/mol. The van der Waals surface area contributed by atoms with Gasteiger partial charge in [-0.15, -0.1) is 0 Å². The molecule has 0 aromatic carbocycles. The van der Waals surface area contributed by atoms with Crippen molar-refractivity contribution in [2.75, 3.05) is 6.54 Å². The molecule has 0 heterocycles. The van der Waals surface area contributed by atoms with Crippen molar-refractivity contribution in [3.8, 4) is 0 Å². The fourth-order valence-corrected chi connectivity index (χ4v) is 1.15. The van der Waals surface area contributed by atoms with E-state index in [4.69, 9.17) is 0 Å². The molecule has 0 radical (unpaired) electrons. The van der Waals surface area contributed by atoms with Gasteiger partial charge < -0.3 is 10.6 Å². The third-order valence-electron chi connectivity index (χ3n) is 2.00. The van der Waals surface area contributed by atoms with E-state index in [9.17, 15) is 0 Å². The molecule has 0 rings (SSSR count). The lowest BCUT2D eigenvalue weighted by Gasteiger charge is -2.19. The van der Waals surface area contributed by atoms with Crippen molar-refractivity contribution < 1.29 is 0 Å². The van der Waals surface area contributed by atoms with Crippen LogP contribution in [0.2, 0.25) is 0 Å². The molecule has 0 bridgehead atoms. The lowest BCUT2D eigenvalue weighted by molar-refractivity contribution is 0.429. The molecule has 0 aromatic heterocycles. The van der Waals surface area contributed by atoms with E-state index in [0.29, 0.717) is 18.1 Å². The number of hydrogen-bond acceptors (Lipinski definition) is 2. The predicted octanol–water partition coefficient (Wildman–Crippen LogP) is 1.76. The van der Waals surface area contributed by atoms with Gasteiger partial charge in [-0.25, -0.2) is 0 Å².